The Bertz CT molecular complexity index is 1150. The maximum Gasteiger partial charge on any atom is 0.416 e. The molecule has 1 saturated heterocycles. The number of hydrogen-bond acceptors (Lipinski definition) is 4. The van der Waals surface area contributed by atoms with E-state index in [0.29, 0.717) is 54.9 Å². The molecule has 1 aromatic carbocycles. The molecule has 2 aromatic rings. The SMILES string of the molecule is CCS(=O)(=O)N1CCC[C@H]1c1nn(-c2ccc(C(F)(F)F)cc2)c2c1C(=O)CC(C)(C)C2. The van der Waals surface area contributed by atoms with Gasteiger partial charge in [0.2, 0.25) is 10.0 Å². The van der Waals surface area contributed by atoms with Crippen molar-refractivity contribution in [1.82, 2.24) is 14.1 Å². The number of benzene rings is 1. The lowest BCUT2D eigenvalue weighted by Gasteiger charge is -2.30. The average Bonchev–Trinajstić information content (AvgIpc) is 3.31. The van der Waals surface area contributed by atoms with Gasteiger partial charge in [-0.2, -0.15) is 22.6 Å². The van der Waals surface area contributed by atoms with E-state index in [1.165, 1.54) is 21.1 Å². The molecule has 0 saturated carbocycles. The van der Waals surface area contributed by atoms with Gasteiger partial charge in [-0.25, -0.2) is 13.1 Å². The van der Waals surface area contributed by atoms with Crippen molar-refractivity contribution in [2.75, 3.05) is 12.3 Å². The summed E-state index contributed by atoms with van der Waals surface area (Å²) in [5, 5.41) is 4.66. The summed E-state index contributed by atoms with van der Waals surface area (Å²) < 4.78 is 67.3. The molecule has 6 nitrogen and oxygen atoms in total. The molecule has 1 fully saturated rings. The van der Waals surface area contributed by atoms with Gasteiger partial charge >= 0.3 is 6.18 Å². The number of halogens is 3. The van der Waals surface area contributed by atoms with Crippen LogP contribution in [0.5, 0.6) is 0 Å². The molecule has 4 rings (SSSR count). The second-order valence-corrected chi connectivity index (χ2v) is 11.5. The van der Waals surface area contributed by atoms with E-state index in [0.717, 1.165) is 12.1 Å². The largest absolute Gasteiger partial charge is 0.416 e. The third-order valence-corrected chi connectivity index (χ3v) is 8.13. The van der Waals surface area contributed by atoms with Gasteiger partial charge < -0.3 is 0 Å². The van der Waals surface area contributed by atoms with Crippen LogP contribution in [0.3, 0.4) is 0 Å². The number of alkyl halides is 3. The molecule has 0 spiro atoms. The third kappa shape index (κ3) is 3.98. The van der Waals surface area contributed by atoms with E-state index in [2.05, 4.69) is 5.10 Å². The Morgan fingerprint density at radius 1 is 1.16 bits per heavy atom. The molecular formula is C22H26F3N3O3S. The molecule has 32 heavy (non-hydrogen) atoms. The van der Waals surface area contributed by atoms with Crippen LogP contribution in [0.15, 0.2) is 24.3 Å². The molecule has 0 radical (unpaired) electrons. The Morgan fingerprint density at radius 2 is 1.81 bits per heavy atom. The summed E-state index contributed by atoms with van der Waals surface area (Å²) in [6, 6.07) is 4.10. The molecule has 10 heteroatoms. The van der Waals surface area contributed by atoms with E-state index in [9.17, 15) is 26.4 Å². The first-order chi connectivity index (χ1) is 14.8. The van der Waals surface area contributed by atoms with Crippen molar-refractivity contribution in [2.45, 2.75) is 58.7 Å². The molecule has 0 N–H and O–H groups in total. The standard InChI is InChI=1S/C22H26F3N3O3S/c1-4-32(30,31)27-11-5-6-16(27)20-19-17(12-21(2,3)13-18(19)29)28(26-20)15-9-7-14(8-10-15)22(23,24)25/h7-10,16H,4-6,11-13H2,1-3H3/t16-/m0/s1. The molecule has 1 atom stereocenters. The second-order valence-electron chi connectivity index (χ2n) is 9.27. The summed E-state index contributed by atoms with van der Waals surface area (Å²) in [6.07, 6.45) is -2.43. The zero-order valence-corrected chi connectivity index (χ0v) is 19.1. The first-order valence-electron chi connectivity index (χ1n) is 10.7. The van der Waals surface area contributed by atoms with E-state index in [4.69, 9.17) is 0 Å². The van der Waals surface area contributed by atoms with E-state index in [1.807, 2.05) is 13.8 Å². The summed E-state index contributed by atoms with van der Waals surface area (Å²) in [5.74, 6) is -0.156. The summed E-state index contributed by atoms with van der Waals surface area (Å²) >= 11 is 0. The molecule has 2 aliphatic rings. The zero-order valence-electron chi connectivity index (χ0n) is 18.2. The Hall–Kier alpha value is -2.20. The summed E-state index contributed by atoms with van der Waals surface area (Å²) in [6.45, 7) is 5.86. The van der Waals surface area contributed by atoms with Crippen molar-refractivity contribution >= 4 is 15.8 Å². The maximum atomic E-state index is 13.2. The van der Waals surface area contributed by atoms with Gasteiger partial charge in [0.1, 0.15) is 0 Å². The number of nitrogens with zero attached hydrogens (tertiary/aromatic N) is 3. The fraction of sp³-hybridized carbons (Fsp3) is 0.545. The lowest BCUT2D eigenvalue weighted by molar-refractivity contribution is -0.137. The van der Waals surface area contributed by atoms with Gasteiger partial charge in [0.15, 0.2) is 5.78 Å². The van der Waals surface area contributed by atoms with E-state index >= 15 is 0 Å². The lowest BCUT2D eigenvalue weighted by Crippen LogP contribution is -2.33. The monoisotopic (exact) mass is 469 g/mol. The van der Waals surface area contributed by atoms with Crippen LogP contribution in [0.4, 0.5) is 13.2 Å². The van der Waals surface area contributed by atoms with Gasteiger partial charge in [-0.3, -0.25) is 4.79 Å². The molecule has 1 aliphatic heterocycles. The zero-order chi connectivity index (χ0) is 23.5. The number of aromatic nitrogens is 2. The normalized spacial score (nSPS) is 21.7. The topological polar surface area (TPSA) is 72.3 Å². The lowest BCUT2D eigenvalue weighted by atomic mass is 9.75. The number of Topliss-reactive ketones (excluding diaryl/α,β-unsaturated/α-hetero) is 1. The minimum atomic E-state index is -4.45. The van der Waals surface area contributed by atoms with Gasteiger partial charge in [0.25, 0.3) is 0 Å². The van der Waals surface area contributed by atoms with Crippen molar-refractivity contribution in [2.24, 2.45) is 5.41 Å². The Kier molecular flexibility index (Phi) is 5.52. The number of ketones is 1. The Labute approximate surface area is 185 Å². The van der Waals surface area contributed by atoms with Crippen LogP contribution in [-0.2, 0) is 22.6 Å². The average molecular weight is 470 g/mol. The first kappa shape index (κ1) is 23.0. The fourth-order valence-electron chi connectivity index (χ4n) is 4.73. The molecule has 0 unspecified atom stereocenters. The van der Waals surface area contributed by atoms with Gasteiger partial charge in [-0.1, -0.05) is 13.8 Å². The van der Waals surface area contributed by atoms with Crippen LogP contribution in [0, 0.1) is 5.41 Å². The molecule has 0 amide bonds. The summed E-state index contributed by atoms with van der Waals surface area (Å²) in [7, 11) is -3.49. The van der Waals surface area contributed by atoms with Crippen LogP contribution in [0.25, 0.3) is 5.69 Å². The molecule has 1 aromatic heterocycles. The maximum absolute atomic E-state index is 13.2. The predicted molar refractivity (Wildman–Crippen MR) is 113 cm³/mol. The minimum Gasteiger partial charge on any atom is -0.294 e. The van der Waals surface area contributed by atoms with Crippen molar-refractivity contribution in [3.63, 3.8) is 0 Å². The van der Waals surface area contributed by atoms with E-state index in [1.54, 1.807) is 6.92 Å². The quantitative estimate of drug-likeness (QED) is 0.660. The predicted octanol–water partition coefficient (Wildman–Crippen LogP) is 4.53. The summed E-state index contributed by atoms with van der Waals surface area (Å²) in [4.78, 5) is 13.2. The van der Waals surface area contributed by atoms with Crippen LogP contribution < -0.4 is 0 Å². The van der Waals surface area contributed by atoms with Gasteiger partial charge in [0, 0.05) is 13.0 Å². The summed E-state index contributed by atoms with van der Waals surface area (Å²) in [5.41, 5.74) is 0.767. The van der Waals surface area contributed by atoms with Crippen LogP contribution in [0.1, 0.15) is 73.4 Å². The highest BCUT2D eigenvalue weighted by molar-refractivity contribution is 7.89. The highest BCUT2D eigenvalue weighted by atomic mass is 32.2. The second kappa shape index (κ2) is 7.69. The highest BCUT2D eigenvalue weighted by Crippen LogP contribution is 2.43. The van der Waals surface area contributed by atoms with Crippen molar-refractivity contribution in [3.05, 3.63) is 46.8 Å². The first-order valence-corrected chi connectivity index (χ1v) is 12.3. The Morgan fingerprint density at radius 3 is 2.41 bits per heavy atom. The van der Waals surface area contributed by atoms with E-state index in [-0.39, 0.29) is 17.0 Å². The van der Waals surface area contributed by atoms with Gasteiger partial charge in [-0.05, 0) is 55.9 Å². The van der Waals surface area contributed by atoms with Crippen LogP contribution >= 0.6 is 0 Å². The number of fused-ring (bicyclic) bond motifs is 1. The third-order valence-electron chi connectivity index (χ3n) is 6.25. The van der Waals surface area contributed by atoms with Crippen molar-refractivity contribution in [1.29, 1.82) is 0 Å². The van der Waals surface area contributed by atoms with Crippen LogP contribution in [-0.4, -0.2) is 40.6 Å². The smallest absolute Gasteiger partial charge is 0.294 e. The number of hydrogen-bond donors (Lipinski definition) is 0. The van der Waals surface area contributed by atoms with Crippen molar-refractivity contribution in [3.8, 4) is 5.69 Å². The number of rotatable bonds is 4. The molecule has 2 heterocycles. The molecule has 0 bridgehead atoms. The van der Waals surface area contributed by atoms with Gasteiger partial charge in [-0.15, -0.1) is 0 Å². The number of carbonyl (C=O) groups excluding carboxylic acids is 1. The fourth-order valence-corrected chi connectivity index (χ4v) is 6.06. The van der Waals surface area contributed by atoms with Crippen molar-refractivity contribution < 1.29 is 26.4 Å². The molecule has 174 valence electrons. The van der Waals surface area contributed by atoms with E-state index < -0.39 is 27.8 Å². The molecular weight excluding hydrogens is 443 g/mol. The molecule has 1 aliphatic carbocycles. The Balaban J connectivity index is 1.87. The minimum absolute atomic E-state index is 0.0493. The van der Waals surface area contributed by atoms with Gasteiger partial charge in [0.05, 0.1) is 40.0 Å². The van der Waals surface area contributed by atoms with Crippen LogP contribution in [0.2, 0.25) is 0 Å². The number of carbonyl (C=O) groups is 1. The highest BCUT2D eigenvalue weighted by Gasteiger charge is 2.43. The number of sulfonamides is 1.